The first kappa shape index (κ1) is 23.3. The van der Waals surface area contributed by atoms with Gasteiger partial charge in [0.2, 0.25) is 5.95 Å². The lowest BCUT2D eigenvalue weighted by molar-refractivity contribution is 0.242. The third-order valence-corrected chi connectivity index (χ3v) is 4.97. The zero-order valence-electron chi connectivity index (χ0n) is 18.6. The minimum Gasteiger partial charge on any atom is -0.490 e. The maximum atomic E-state index is 13.2. The molecule has 1 aromatic heterocycles. The van der Waals surface area contributed by atoms with Gasteiger partial charge in [-0.05, 0) is 63.6 Å². The van der Waals surface area contributed by atoms with Gasteiger partial charge in [-0.25, -0.2) is 14.2 Å². The average molecular weight is 455 g/mol. The molecule has 1 heterocycles. The van der Waals surface area contributed by atoms with Gasteiger partial charge in [0.25, 0.3) is 0 Å². The quantitative estimate of drug-likeness (QED) is 0.525. The highest BCUT2D eigenvalue weighted by molar-refractivity contribution is 6.30. The van der Waals surface area contributed by atoms with Crippen LogP contribution in [0.15, 0.2) is 58.6 Å². The van der Waals surface area contributed by atoms with E-state index >= 15 is 0 Å². The molecule has 7 nitrogen and oxygen atoms in total. The molecule has 0 saturated heterocycles. The molecule has 32 heavy (non-hydrogen) atoms. The SMILES string of the molecule is C=Cc1cc(Nc2nc(=O)n(C(C)C)c(=O)n2Cc2ccc(Cl)cc2)ccc1OC(C)C. The Kier molecular flexibility index (Phi) is 7.20. The monoisotopic (exact) mass is 454 g/mol. The molecule has 0 amide bonds. The van der Waals surface area contributed by atoms with E-state index in [-0.39, 0.29) is 24.6 Å². The van der Waals surface area contributed by atoms with Gasteiger partial charge in [-0.15, -0.1) is 0 Å². The Morgan fingerprint density at radius 1 is 1.12 bits per heavy atom. The van der Waals surface area contributed by atoms with Gasteiger partial charge in [0.05, 0.1) is 12.6 Å². The molecule has 0 aliphatic rings. The summed E-state index contributed by atoms with van der Waals surface area (Å²) in [6.07, 6.45) is 1.70. The van der Waals surface area contributed by atoms with Crippen LogP contribution in [0, 0.1) is 0 Å². The van der Waals surface area contributed by atoms with Gasteiger partial charge in [-0.2, -0.15) is 4.98 Å². The number of benzene rings is 2. The van der Waals surface area contributed by atoms with E-state index in [9.17, 15) is 9.59 Å². The van der Waals surface area contributed by atoms with Crippen molar-refractivity contribution in [3.05, 3.63) is 86.2 Å². The molecule has 0 atom stereocenters. The summed E-state index contributed by atoms with van der Waals surface area (Å²) in [6, 6.07) is 12.3. The highest BCUT2D eigenvalue weighted by atomic mass is 35.5. The molecule has 0 radical (unpaired) electrons. The molecular formula is C24H27ClN4O3. The summed E-state index contributed by atoms with van der Waals surface area (Å²) in [6.45, 7) is 11.5. The number of nitrogens with zero attached hydrogens (tertiary/aromatic N) is 3. The lowest BCUT2D eigenvalue weighted by Crippen LogP contribution is -2.43. The number of rotatable bonds is 8. The van der Waals surface area contributed by atoms with E-state index in [0.717, 1.165) is 15.7 Å². The highest BCUT2D eigenvalue weighted by Gasteiger charge is 2.16. The van der Waals surface area contributed by atoms with Crippen LogP contribution in [0.25, 0.3) is 6.08 Å². The topological polar surface area (TPSA) is 78.2 Å². The Morgan fingerprint density at radius 2 is 1.81 bits per heavy atom. The minimum absolute atomic E-state index is 0.0161. The van der Waals surface area contributed by atoms with Gasteiger partial charge in [0.1, 0.15) is 5.75 Å². The van der Waals surface area contributed by atoms with Crippen molar-refractivity contribution in [1.82, 2.24) is 14.1 Å². The van der Waals surface area contributed by atoms with E-state index in [2.05, 4.69) is 16.9 Å². The predicted molar refractivity (Wildman–Crippen MR) is 129 cm³/mol. The number of halogens is 1. The molecule has 2 aromatic carbocycles. The fraction of sp³-hybridized carbons (Fsp3) is 0.292. The van der Waals surface area contributed by atoms with Gasteiger partial charge < -0.3 is 10.1 Å². The first-order chi connectivity index (χ1) is 15.2. The Labute approximate surface area is 192 Å². The summed E-state index contributed by atoms with van der Waals surface area (Å²) in [5.74, 6) is 0.849. The Morgan fingerprint density at radius 3 is 2.41 bits per heavy atom. The number of aromatic nitrogens is 3. The molecule has 0 saturated carbocycles. The zero-order valence-corrected chi connectivity index (χ0v) is 19.4. The maximum Gasteiger partial charge on any atom is 0.355 e. The van der Waals surface area contributed by atoms with E-state index < -0.39 is 11.4 Å². The zero-order chi connectivity index (χ0) is 23.4. The smallest absolute Gasteiger partial charge is 0.355 e. The second-order valence-electron chi connectivity index (χ2n) is 7.93. The molecule has 0 aliphatic carbocycles. The van der Waals surface area contributed by atoms with Crippen molar-refractivity contribution in [2.24, 2.45) is 0 Å². The number of nitrogens with one attached hydrogen (secondary N) is 1. The molecule has 0 spiro atoms. The van der Waals surface area contributed by atoms with E-state index in [1.165, 1.54) is 4.57 Å². The highest BCUT2D eigenvalue weighted by Crippen LogP contribution is 2.26. The molecule has 8 heteroatoms. The van der Waals surface area contributed by atoms with Crippen LogP contribution in [-0.4, -0.2) is 20.2 Å². The van der Waals surface area contributed by atoms with Gasteiger partial charge >= 0.3 is 11.4 Å². The van der Waals surface area contributed by atoms with Crippen LogP contribution in [0.4, 0.5) is 11.6 Å². The van der Waals surface area contributed by atoms with Crippen molar-refractivity contribution in [2.75, 3.05) is 5.32 Å². The van der Waals surface area contributed by atoms with Crippen LogP contribution in [-0.2, 0) is 6.54 Å². The second kappa shape index (κ2) is 9.87. The minimum atomic E-state index is -0.608. The third kappa shape index (κ3) is 5.29. The van der Waals surface area contributed by atoms with E-state index in [0.29, 0.717) is 16.5 Å². The summed E-state index contributed by atoms with van der Waals surface area (Å²) < 4.78 is 8.38. The molecule has 0 unspecified atom stereocenters. The largest absolute Gasteiger partial charge is 0.490 e. The number of anilines is 2. The molecule has 168 valence electrons. The lowest BCUT2D eigenvalue weighted by Gasteiger charge is -2.18. The van der Waals surface area contributed by atoms with Crippen LogP contribution in [0.1, 0.15) is 44.9 Å². The second-order valence-corrected chi connectivity index (χ2v) is 8.36. The molecular weight excluding hydrogens is 428 g/mol. The lowest BCUT2D eigenvalue weighted by atomic mass is 10.1. The molecule has 3 aromatic rings. The van der Waals surface area contributed by atoms with Crippen molar-refractivity contribution >= 4 is 29.3 Å². The van der Waals surface area contributed by atoms with Gasteiger partial charge in [-0.1, -0.05) is 36.4 Å². The summed E-state index contributed by atoms with van der Waals surface area (Å²) in [5.41, 5.74) is 1.23. The maximum absolute atomic E-state index is 13.2. The number of hydrogen-bond donors (Lipinski definition) is 1. The standard InChI is InChI=1S/C24H27ClN4O3/c1-6-18-13-20(11-12-21(18)32-16(4)5)26-22-27-23(30)29(15(2)3)24(31)28(22)14-17-7-9-19(25)10-8-17/h6-13,15-16H,1,14H2,2-5H3,(H,26,27,30). The van der Waals surface area contributed by atoms with E-state index in [1.54, 1.807) is 38.1 Å². The van der Waals surface area contributed by atoms with Crippen LogP contribution >= 0.6 is 11.6 Å². The first-order valence-corrected chi connectivity index (χ1v) is 10.8. The van der Waals surface area contributed by atoms with Crippen LogP contribution in [0.3, 0.4) is 0 Å². The van der Waals surface area contributed by atoms with Gasteiger partial charge in [-0.3, -0.25) is 4.57 Å². The van der Waals surface area contributed by atoms with Crippen LogP contribution in [0.5, 0.6) is 5.75 Å². The summed E-state index contributed by atoms with van der Waals surface area (Å²) >= 11 is 5.99. The van der Waals surface area contributed by atoms with Crippen molar-refractivity contribution < 1.29 is 4.74 Å². The summed E-state index contributed by atoms with van der Waals surface area (Å²) in [5, 5.41) is 3.72. The van der Waals surface area contributed by atoms with Crippen molar-refractivity contribution in [3.63, 3.8) is 0 Å². The van der Waals surface area contributed by atoms with Crippen molar-refractivity contribution in [3.8, 4) is 5.75 Å². The van der Waals surface area contributed by atoms with Gasteiger partial charge in [0.15, 0.2) is 0 Å². The number of ether oxygens (including phenoxy) is 1. The van der Waals surface area contributed by atoms with Crippen LogP contribution < -0.4 is 21.4 Å². The van der Waals surface area contributed by atoms with Gasteiger partial charge in [0, 0.05) is 22.3 Å². The predicted octanol–water partition coefficient (Wildman–Crippen LogP) is 4.86. The summed E-state index contributed by atoms with van der Waals surface area (Å²) in [7, 11) is 0. The Balaban J connectivity index is 2.07. The van der Waals surface area contributed by atoms with Crippen molar-refractivity contribution in [2.45, 2.75) is 46.4 Å². The average Bonchev–Trinajstić information content (AvgIpc) is 2.72. The normalized spacial score (nSPS) is 11.1. The summed E-state index contributed by atoms with van der Waals surface area (Å²) in [4.78, 5) is 29.9. The molecule has 3 rings (SSSR count). The third-order valence-electron chi connectivity index (χ3n) is 4.72. The molecule has 1 N–H and O–H groups in total. The molecule has 0 aliphatic heterocycles. The number of hydrogen-bond acceptors (Lipinski definition) is 5. The fourth-order valence-corrected chi connectivity index (χ4v) is 3.36. The Hall–Kier alpha value is -3.32. The van der Waals surface area contributed by atoms with E-state index in [1.807, 2.05) is 38.1 Å². The van der Waals surface area contributed by atoms with E-state index in [4.69, 9.17) is 16.3 Å². The molecule has 0 bridgehead atoms. The molecule has 0 fully saturated rings. The Bertz CT molecular complexity index is 1230. The van der Waals surface area contributed by atoms with Crippen molar-refractivity contribution in [1.29, 1.82) is 0 Å². The van der Waals surface area contributed by atoms with Crippen LogP contribution in [0.2, 0.25) is 5.02 Å². The first-order valence-electron chi connectivity index (χ1n) is 10.4. The fourth-order valence-electron chi connectivity index (χ4n) is 3.24.